The van der Waals surface area contributed by atoms with Gasteiger partial charge in [-0.15, -0.1) is 0 Å². The Balaban J connectivity index is 1.80. The van der Waals surface area contributed by atoms with Crippen molar-refractivity contribution in [2.75, 3.05) is 6.79 Å². The van der Waals surface area contributed by atoms with Crippen LogP contribution in [0.3, 0.4) is 0 Å². The van der Waals surface area contributed by atoms with Gasteiger partial charge in [0.1, 0.15) is 12.4 Å². The Bertz CT molecular complexity index is 625. The summed E-state index contributed by atoms with van der Waals surface area (Å²) in [6.45, 7) is 3.23. The van der Waals surface area contributed by atoms with Crippen LogP contribution in [0.2, 0.25) is 0 Å². The van der Waals surface area contributed by atoms with Gasteiger partial charge in [-0.05, 0) is 18.6 Å². The first-order chi connectivity index (χ1) is 9.76. The Kier molecular flexibility index (Phi) is 3.48. The smallest absolute Gasteiger partial charge is 0.231 e. The minimum atomic E-state index is 0.251. The maximum absolute atomic E-state index is 5.88. The summed E-state index contributed by atoms with van der Waals surface area (Å²) in [7, 11) is 0. The third kappa shape index (κ3) is 2.56. The van der Waals surface area contributed by atoms with Gasteiger partial charge in [0.25, 0.3) is 0 Å². The predicted molar refractivity (Wildman–Crippen MR) is 76.0 cm³/mol. The molecular formula is C16H17NO3. The summed E-state index contributed by atoms with van der Waals surface area (Å²) in [6.07, 6.45) is 0. The number of ether oxygens (including phenoxy) is 3. The Labute approximate surface area is 118 Å². The third-order valence-electron chi connectivity index (χ3n) is 3.25. The van der Waals surface area contributed by atoms with Gasteiger partial charge in [0.05, 0.1) is 0 Å². The highest BCUT2D eigenvalue weighted by molar-refractivity contribution is 5.51. The standard InChI is InChI=1S/C16H17NO3/c1-11-3-2-4-12(5-11)9-18-14-7-16-15(19-10-20-16)6-13(14)8-17/h2-7H,8-10,17H2,1H3. The number of hydrogen-bond acceptors (Lipinski definition) is 4. The van der Waals surface area contributed by atoms with Crippen molar-refractivity contribution in [3.05, 3.63) is 53.1 Å². The van der Waals surface area contributed by atoms with Gasteiger partial charge in [-0.25, -0.2) is 0 Å². The zero-order valence-electron chi connectivity index (χ0n) is 11.4. The van der Waals surface area contributed by atoms with E-state index in [4.69, 9.17) is 19.9 Å². The Morgan fingerprint density at radius 1 is 1.15 bits per heavy atom. The normalized spacial score (nSPS) is 12.5. The second-order valence-electron chi connectivity index (χ2n) is 4.80. The lowest BCUT2D eigenvalue weighted by Crippen LogP contribution is -2.03. The monoisotopic (exact) mass is 271 g/mol. The van der Waals surface area contributed by atoms with Gasteiger partial charge in [-0.2, -0.15) is 0 Å². The van der Waals surface area contributed by atoms with Crippen LogP contribution in [0.5, 0.6) is 17.2 Å². The Hall–Kier alpha value is -2.20. The average molecular weight is 271 g/mol. The molecule has 0 unspecified atom stereocenters. The molecule has 1 aliphatic rings. The minimum Gasteiger partial charge on any atom is -0.488 e. The van der Waals surface area contributed by atoms with Crippen molar-refractivity contribution in [1.29, 1.82) is 0 Å². The highest BCUT2D eigenvalue weighted by atomic mass is 16.7. The van der Waals surface area contributed by atoms with E-state index in [0.29, 0.717) is 18.9 Å². The van der Waals surface area contributed by atoms with Gasteiger partial charge in [-0.1, -0.05) is 29.8 Å². The van der Waals surface area contributed by atoms with Gasteiger partial charge in [-0.3, -0.25) is 0 Å². The van der Waals surface area contributed by atoms with Crippen molar-refractivity contribution >= 4 is 0 Å². The van der Waals surface area contributed by atoms with E-state index in [1.165, 1.54) is 5.56 Å². The zero-order valence-corrected chi connectivity index (χ0v) is 11.4. The van der Waals surface area contributed by atoms with Crippen LogP contribution >= 0.6 is 0 Å². The molecule has 3 rings (SSSR count). The lowest BCUT2D eigenvalue weighted by Gasteiger charge is -2.12. The molecule has 0 saturated carbocycles. The Morgan fingerprint density at radius 2 is 1.95 bits per heavy atom. The van der Waals surface area contributed by atoms with E-state index in [-0.39, 0.29) is 6.79 Å². The fraction of sp³-hybridized carbons (Fsp3) is 0.250. The Morgan fingerprint density at radius 3 is 2.70 bits per heavy atom. The highest BCUT2D eigenvalue weighted by Crippen LogP contribution is 2.38. The molecule has 0 aliphatic carbocycles. The van der Waals surface area contributed by atoms with Crippen molar-refractivity contribution in [2.24, 2.45) is 5.73 Å². The molecular weight excluding hydrogens is 254 g/mol. The molecule has 0 atom stereocenters. The van der Waals surface area contributed by atoms with E-state index >= 15 is 0 Å². The van der Waals surface area contributed by atoms with E-state index in [1.54, 1.807) is 0 Å². The fourth-order valence-corrected chi connectivity index (χ4v) is 2.22. The first-order valence-corrected chi connectivity index (χ1v) is 6.57. The van der Waals surface area contributed by atoms with Crippen molar-refractivity contribution in [2.45, 2.75) is 20.1 Å². The quantitative estimate of drug-likeness (QED) is 0.929. The lowest BCUT2D eigenvalue weighted by atomic mass is 10.1. The van der Waals surface area contributed by atoms with E-state index in [2.05, 4.69) is 19.1 Å². The molecule has 20 heavy (non-hydrogen) atoms. The first kappa shape index (κ1) is 12.8. The molecule has 0 bridgehead atoms. The molecule has 0 spiro atoms. The summed E-state index contributed by atoms with van der Waals surface area (Å²) in [5, 5.41) is 0. The van der Waals surface area contributed by atoms with E-state index in [0.717, 1.165) is 22.6 Å². The van der Waals surface area contributed by atoms with Gasteiger partial charge < -0.3 is 19.9 Å². The first-order valence-electron chi connectivity index (χ1n) is 6.57. The van der Waals surface area contributed by atoms with Crippen LogP contribution in [0.1, 0.15) is 16.7 Å². The predicted octanol–water partition coefficient (Wildman–Crippen LogP) is 2.76. The number of rotatable bonds is 4. The molecule has 0 radical (unpaired) electrons. The zero-order chi connectivity index (χ0) is 13.9. The summed E-state index contributed by atoms with van der Waals surface area (Å²) in [5.41, 5.74) is 9.03. The van der Waals surface area contributed by atoms with Crippen molar-refractivity contribution < 1.29 is 14.2 Å². The maximum atomic E-state index is 5.88. The highest BCUT2D eigenvalue weighted by Gasteiger charge is 2.17. The van der Waals surface area contributed by atoms with Crippen molar-refractivity contribution in [3.63, 3.8) is 0 Å². The SMILES string of the molecule is Cc1cccc(COc2cc3c(cc2CN)OCO3)c1. The lowest BCUT2D eigenvalue weighted by molar-refractivity contribution is 0.173. The average Bonchev–Trinajstić information content (AvgIpc) is 2.91. The molecule has 0 fully saturated rings. The van der Waals surface area contributed by atoms with Crippen LogP contribution in [0.25, 0.3) is 0 Å². The van der Waals surface area contributed by atoms with Gasteiger partial charge in [0.15, 0.2) is 11.5 Å². The number of aryl methyl sites for hydroxylation is 1. The van der Waals surface area contributed by atoms with E-state index in [1.807, 2.05) is 24.3 Å². The molecule has 4 nitrogen and oxygen atoms in total. The van der Waals surface area contributed by atoms with Crippen molar-refractivity contribution in [1.82, 2.24) is 0 Å². The van der Waals surface area contributed by atoms with Gasteiger partial charge in [0, 0.05) is 18.2 Å². The van der Waals surface area contributed by atoms with Crippen LogP contribution in [-0.2, 0) is 13.2 Å². The molecule has 0 saturated heterocycles. The van der Waals surface area contributed by atoms with Crippen molar-refractivity contribution in [3.8, 4) is 17.2 Å². The van der Waals surface area contributed by atoms with E-state index in [9.17, 15) is 0 Å². The summed E-state index contributed by atoms with van der Waals surface area (Å²) in [6, 6.07) is 12.0. The molecule has 0 aromatic heterocycles. The van der Waals surface area contributed by atoms with Crippen LogP contribution < -0.4 is 19.9 Å². The molecule has 2 N–H and O–H groups in total. The van der Waals surface area contributed by atoms with Gasteiger partial charge >= 0.3 is 0 Å². The van der Waals surface area contributed by atoms with E-state index < -0.39 is 0 Å². The maximum Gasteiger partial charge on any atom is 0.231 e. The largest absolute Gasteiger partial charge is 0.488 e. The molecule has 2 aromatic carbocycles. The van der Waals surface area contributed by atoms with Gasteiger partial charge in [0.2, 0.25) is 6.79 Å². The molecule has 104 valence electrons. The summed E-state index contributed by atoms with van der Waals surface area (Å²) >= 11 is 0. The second-order valence-corrected chi connectivity index (χ2v) is 4.80. The van der Waals surface area contributed by atoms with Crippen LogP contribution in [-0.4, -0.2) is 6.79 Å². The fourth-order valence-electron chi connectivity index (χ4n) is 2.22. The third-order valence-corrected chi connectivity index (χ3v) is 3.25. The number of nitrogens with two attached hydrogens (primary N) is 1. The molecule has 2 aromatic rings. The molecule has 0 amide bonds. The van der Waals surface area contributed by atoms with Crippen LogP contribution in [0.15, 0.2) is 36.4 Å². The summed E-state index contributed by atoms with van der Waals surface area (Å²) < 4.78 is 16.6. The van der Waals surface area contributed by atoms with Crippen LogP contribution in [0.4, 0.5) is 0 Å². The topological polar surface area (TPSA) is 53.7 Å². The summed E-state index contributed by atoms with van der Waals surface area (Å²) in [5.74, 6) is 2.19. The van der Waals surface area contributed by atoms with Crippen LogP contribution in [0, 0.1) is 6.92 Å². The number of hydrogen-bond donors (Lipinski definition) is 1. The second kappa shape index (κ2) is 5.43. The number of fused-ring (bicyclic) bond motifs is 1. The number of benzene rings is 2. The minimum absolute atomic E-state index is 0.251. The molecule has 1 aliphatic heterocycles. The summed E-state index contributed by atoms with van der Waals surface area (Å²) in [4.78, 5) is 0. The molecule has 4 heteroatoms. The molecule has 1 heterocycles.